The van der Waals surface area contributed by atoms with E-state index in [9.17, 15) is 4.79 Å². The van der Waals surface area contributed by atoms with Gasteiger partial charge in [-0.2, -0.15) is 0 Å². The third-order valence-electron chi connectivity index (χ3n) is 1.54. The van der Waals surface area contributed by atoms with Gasteiger partial charge in [-0.05, 0) is 41.9 Å². The average molecular weight is 258 g/mol. The molecule has 0 aromatic carbocycles. The summed E-state index contributed by atoms with van der Waals surface area (Å²) in [5.41, 5.74) is 4.71. The number of carbonyl (C=O) groups excluding carboxylic acids is 1. The number of carbonyl (C=O) groups is 1. The van der Waals surface area contributed by atoms with E-state index in [2.05, 4.69) is 26.2 Å². The lowest BCUT2D eigenvalue weighted by Gasteiger charge is -2.17. The Kier molecular flexibility index (Phi) is 3.23. The summed E-state index contributed by atoms with van der Waals surface area (Å²) in [6, 6.07) is 5.27. The summed E-state index contributed by atoms with van der Waals surface area (Å²) in [5, 5.41) is 2.62. The Labute approximate surface area is 91.0 Å². The van der Waals surface area contributed by atoms with E-state index in [4.69, 9.17) is 5.73 Å². The van der Waals surface area contributed by atoms with E-state index in [-0.39, 0.29) is 5.91 Å². The van der Waals surface area contributed by atoms with Gasteiger partial charge in [0.1, 0.15) is 10.4 Å². The number of nitrogens with zero attached hydrogens (tertiary/aromatic N) is 1. The lowest BCUT2D eigenvalue weighted by molar-refractivity contribution is -0.120. The van der Waals surface area contributed by atoms with Crippen LogP contribution < -0.4 is 11.1 Å². The number of nitrogens with one attached hydrogen (secondary N) is 1. The third-order valence-corrected chi connectivity index (χ3v) is 1.98. The lowest BCUT2D eigenvalue weighted by Crippen LogP contribution is -2.45. The van der Waals surface area contributed by atoms with Gasteiger partial charge >= 0.3 is 0 Å². The molecule has 0 fully saturated rings. The quantitative estimate of drug-likeness (QED) is 0.790. The van der Waals surface area contributed by atoms with Crippen LogP contribution in [0.4, 0.5) is 5.82 Å². The van der Waals surface area contributed by atoms with Crippen LogP contribution in [0.25, 0.3) is 0 Å². The molecule has 1 amide bonds. The Balaban J connectivity index is 2.75. The fourth-order valence-corrected chi connectivity index (χ4v) is 1.10. The first-order valence-corrected chi connectivity index (χ1v) is 4.92. The van der Waals surface area contributed by atoms with E-state index in [1.807, 2.05) is 0 Å². The first-order valence-electron chi connectivity index (χ1n) is 4.12. The number of hydrogen-bond donors (Lipinski definition) is 2. The van der Waals surface area contributed by atoms with Crippen LogP contribution >= 0.6 is 15.9 Å². The molecule has 3 N–H and O–H groups in total. The largest absolute Gasteiger partial charge is 0.318 e. The molecule has 4 nitrogen and oxygen atoms in total. The van der Waals surface area contributed by atoms with Gasteiger partial charge in [0.15, 0.2) is 0 Å². The number of anilines is 1. The van der Waals surface area contributed by atoms with Crippen molar-refractivity contribution in [3.05, 3.63) is 22.8 Å². The van der Waals surface area contributed by atoms with Gasteiger partial charge in [-0.1, -0.05) is 6.07 Å². The molecule has 14 heavy (non-hydrogen) atoms. The smallest absolute Gasteiger partial charge is 0.245 e. The standard InChI is InChI=1S/C9H12BrN3O/c1-9(2,11)8(14)13-7-5-3-4-6(10)12-7/h3-5H,11H2,1-2H3,(H,12,13,14). The highest BCUT2D eigenvalue weighted by molar-refractivity contribution is 9.10. The van der Waals surface area contributed by atoms with E-state index in [1.165, 1.54) is 0 Å². The SMILES string of the molecule is CC(C)(N)C(=O)Nc1cccc(Br)n1. The molecule has 0 saturated heterocycles. The Bertz CT molecular complexity index is 346. The minimum Gasteiger partial charge on any atom is -0.318 e. The average Bonchev–Trinajstić information content (AvgIpc) is 2.02. The van der Waals surface area contributed by atoms with Crippen LogP contribution in [0.15, 0.2) is 22.8 Å². The van der Waals surface area contributed by atoms with Gasteiger partial charge in [-0.3, -0.25) is 4.79 Å². The summed E-state index contributed by atoms with van der Waals surface area (Å²) in [4.78, 5) is 15.5. The number of pyridine rings is 1. The molecule has 0 radical (unpaired) electrons. The number of hydrogen-bond acceptors (Lipinski definition) is 3. The fraction of sp³-hybridized carbons (Fsp3) is 0.333. The molecule has 1 aromatic rings. The summed E-state index contributed by atoms with van der Waals surface area (Å²) < 4.78 is 0.671. The number of halogens is 1. The minimum atomic E-state index is -0.899. The van der Waals surface area contributed by atoms with Gasteiger partial charge in [-0.25, -0.2) is 4.98 Å². The van der Waals surface area contributed by atoms with Crippen LogP contribution in [0.3, 0.4) is 0 Å². The Morgan fingerprint density at radius 3 is 2.71 bits per heavy atom. The maximum atomic E-state index is 11.5. The van der Waals surface area contributed by atoms with Gasteiger partial charge in [0, 0.05) is 0 Å². The predicted molar refractivity (Wildman–Crippen MR) is 58.8 cm³/mol. The molecule has 0 bridgehead atoms. The third kappa shape index (κ3) is 3.08. The normalized spacial score (nSPS) is 11.1. The molecule has 0 atom stereocenters. The van der Waals surface area contributed by atoms with Gasteiger partial charge in [0.2, 0.25) is 5.91 Å². The van der Waals surface area contributed by atoms with E-state index in [1.54, 1.807) is 32.0 Å². The zero-order valence-electron chi connectivity index (χ0n) is 8.04. The molecule has 0 aliphatic heterocycles. The first-order chi connectivity index (χ1) is 6.39. The maximum Gasteiger partial charge on any atom is 0.245 e. The van der Waals surface area contributed by atoms with Crippen LogP contribution in [0.1, 0.15) is 13.8 Å². The molecular weight excluding hydrogens is 246 g/mol. The number of amides is 1. The van der Waals surface area contributed by atoms with Crippen LogP contribution in [-0.2, 0) is 4.79 Å². The zero-order chi connectivity index (χ0) is 10.8. The van der Waals surface area contributed by atoms with Crippen molar-refractivity contribution in [2.24, 2.45) is 5.73 Å². The zero-order valence-corrected chi connectivity index (χ0v) is 9.63. The highest BCUT2D eigenvalue weighted by Gasteiger charge is 2.21. The second-order valence-electron chi connectivity index (χ2n) is 3.52. The molecule has 76 valence electrons. The lowest BCUT2D eigenvalue weighted by atomic mass is 10.1. The second kappa shape index (κ2) is 4.06. The van der Waals surface area contributed by atoms with E-state index < -0.39 is 5.54 Å². The molecule has 0 unspecified atom stereocenters. The molecular formula is C9H12BrN3O. The van der Waals surface area contributed by atoms with Crippen molar-refractivity contribution in [3.8, 4) is 0 Å². The molecule has 0 spiro atoms. The number of rotatable bonds is 2. The van der Waals surface area contributed by atoms with Crippen LogP contribution in [0.2, 0.25) is 0 Å². The highest BCUT2D eigenvalue weighted by Crippen LogP contribution is 2.11. The molecule has 1 aromatic heterocycles. The van der Waals surface area contributed by atoms with Crippen molar-refractivity contribution < 1.29 is 4.79 Å². The molecule has 0 aliphatic carbocycles. The number of nitrogens with two attached hydrogens (primary N) is 1. The second-order valence-corrected chi connectivity index (χ2v) is 4.33. The summed E-state index contributed by atoms with van der Waals surface area (Å²) in [7, 11) is 0. The van der Waals surface area contributed by atoms with Crippen LogP contribution in [0, 0.1) is 0 Å². The Morgan fingerprint density at radius 2 is 2.21 bits per heavy atom. The number of aromatic nitrogens is 1. The molecule has 1 heterocycles. The Morgan fingerprint density at radius 1 is 1.57 bits per heavy atom. The minimum absolute atomic E-state index is 0.261. The van der Waals surface area contributed by atoms with Gasteiger partial charge in [0.25, 0.3) is 0 Å². The van der Waals surface area contributed by atoms with Crippen molar-refractivity contribution in [3.63, 3.8) is 0 Å². The summed E-state index contributed by atoms with van der Waals surface area (Å²) >= 11 is 3.21. The fourth-order valence-electron chi connectivity index (χ4n) is 0.755. The summed E-state index contributed by atoms with van der Waals surface area (Å²) in [6.45, 7) is 3.28. The van der Waals surface area contributed by atoms with Crippen molar-refractivity contribution in [1.82, 2.24) is 4.98 Å². The molecule has 1 rings (SSSR count). The van der Waals surface area contributed by atoms with Gasteiger partial charge < -0.3 is 11.1 Å². The first kappa shape index (κ1) is 11.1. The van der Waals surface area contributed by atoms with Crippen LogP contribution in [-0.4, -0.2) is 16.4 Å². The summed E-state index contributed by atoms with van der Waals surface area (Å²) in [5.74, 6) is 0.228. The topological polar surface area (TPSA) is 68.0 Å². The van der Waals surface area contributed by atoms with Crippen molar-refractivity contribution in [2.75, 3.05) is 5.32 Å². The molecule has 0 saturated carbocycles. The van der Waals surface area contributed by atoms with Crippen molar-refractivity contribution >= 4 is 27.7 Å². The maximum absolute atomic E-state index is 11.5. The molecule has 0 aliphatic rings. The Hall–Kier alpha value is -0.940. The van der Waals surface area contributed by atoms with Crippen molar-refractivity contribution in [2.45, 2.75) is 19.4 Å². The van der Waals surface area contributed by atoms with Crippen molar-refractivity contribution in [1.29, 1.82) is 0 Å². The van der Waals surface area contributed by atoms with E-state index >= 15 is 0 Å². The van der Waals surface area contributed by atoms with Gasteiger partial charge in [-0.15, -0.1) is 0 Å². The van der Waals surface area contributed by atoms with Gasteiger partial charge in [0.05, 0.1) is 5.54 Å². The monoisotopic (exact) mass is 257 g/mol. The highest BCUT2D eigenvalue weighted by atomic mass is 79.9. The predicted octanol–water partition coefficient (Wildman–Crippen LogP) is 1.52. The van der Waals surface area contributed by atoms with E-state index in [0.717, 1.165) is 0 Å². The van der Waals surface area contributed by atoms with E-state index in [0.29, 0.717) is 10.4 Å². The summed E-state index contributed by atoms with van der Waals surface area (Å²) in [6.07, 6.45) is 0. The molecule has 5 heteroatoms. The van der Waals surface area contributed by atoms with Crippen LogP contribution in [0.5, 0.6) is 0 Å².